The van der Waals surface area contributed by atoms with Crippen LogP contribution in [-0.4, -0.2) is 36.4 Å². The van der Waals surface area contributed by atoms with Crippen molar-refractivity contribution >= 4 is 11.9 Å². The molecule has 300 valence electrons. The van der Waals surface area contributed by atoms with Gasteiger partial charge in [0.25, 0.3) is 0 Å². The SMILES string of the molecule is CCCCCC=CCC=CCC=CCC=CCCCC(=O)OC[C@H](CO)OC(=O)CCCCCCCCCCCCCC=CCCCCCCCC. The third kappa shape index (κ3) is 40.4. The maximum atomic E-state index is 12.2. The topological polar surface area (TPSA) is 72.8 Å². The number of unbranched alkanes of at least 4 members (excludes halogenated alkanes) is 21. The van der Waals surface area contributed by atoms with Crippen LogP contribution in [0.3, 0.4) is 0 Å². The van der Waals surface area contributed by atoms with Gasteiger partial charge in [0, 0.05) is 12.8 Å². The van der Waals surface area contributed by atoms with Crippen molar-refractivity contribution in [2.24, 2.45) is 0 Å². The molecule has 5 nitrogen and oxygen atoms in total. The lowest BCUT2D eigenvalue weighted by Gasteiger charge is -2.15. The molecule has 52 heavy (non-hydrogen) atoms. The molecule has 0 rings (SSSR count). The van der Waals surface area contributed by atoms with Gasteiger partial charge >= 0.3 is 11.9 Å². The summed E-state index contributed by atoms with van der Waals surface area (Å²) in [6.45, 7) is 4.06. The Balaban J connectivity index is 3.61. The van der Waals surface area contributed by atoms with E-state index in [-0.39, 0.29) is 25.2 Å². The number of rotatable bonds is 39. The highest BCUT2D eigenvalue weighted by Crippen LogP contribution is 2.14. The van der Waals surface area contributed by atoms with Gasteiger partial charge in [-0.05, 0) is 77.0 Å². The van der Waals surface area contributed by atoms with Gasteiger partial charge in [0.05, 0.1) is 6.61 Å². The zero-order valence-electron chi connectivity index (χ0n) is 34.1. The first kappa shape index (κ1) is 49.6. The number of carbonyl (C=O) groups is 2. The van der Waals surface area contributed by atoms with Gasteiger partial charge in [-0.3, -0.25) is 9.59 Å². The third-order valence-corrected chi connectivity index (χ3v) is 9.28. The zero-order valence-corrected chi connectivity index (χ0v) is 34.1. The molecule has 0 radical (unpaired) electrons. The minimum Gasteiger partial charge on any atom is -0.462 e. The average Bonchev–Trinajstić information content (AvgIpc) is 3.15. The molecule has 0 saturated heterocycles. The second kappa shape index (κ2) is 43.0. The summed E-state index contributed by atoms with van der Waals surface area (Å²) in [6, 6.07) is 0. The van der Waals surface area contributed by atoms with E-state index >= 15 is 0 Å². The molecule has 0 spiro atoms. The van der Waals surface area contributed by atoms with Crippen molar-refractivity contribution in [2.75, 3.05) is 13.2 Å². The van der Waals surface area contributed by atoms with E-state index < -0.39 is 6.10 Å². The van der Waals surface area contributed by atoms with Crippen LogP contribution in [0.15, 0.2) is 60.8 Å². The molecule has 0 bridgehead atoms. The van der Waals surface area contributed by atoms with Gasteiger partial charge in [-0.2, -0.15) is 0 Å². The van der Waals surface area contributed by atoms with Gasteiger partial charge in [0.15, 0.2) is 6.10 Å². The van der Waals surface area contributed by atoms with E-state index in [1.807, 2.05) is 0 Å². The minimum absolute atomic E-state index is 0.0955. The Morgan fingerprint density at radius 1 is 0.442 bits per heavy atom. The fraction of sp³-hybridized carbons (Fsp3) is 0.745. The summed E-state index contributed by atoms with van der Waals surface area (Å²) in [5.41, 5.74) is 0. The molecule has 0 aromatic rings. The Labute approximate surface area is 321 Å². The van der Waals surface area contributed by atoms with Gasteiger partial charge in [0.1, 0.15) is 6.61 Å². The monoisotopic (exact) mass is 727 g/mol. The molecule has 1 N–H and O–H groups in total. The number of aliphatic hydroxyl groups is 1. The van der Waals surface area contributed by atoms with Crippen molar-refractivity contribution in [3.05, 3.63) is 60.8 Å². The second-order valence-corrected chi connectivity index (χ2v) is 14.4. The van der Waals surface area contributed by atoms with E-state index in [9.17, 15) is 14.7 Å². The Kier molecular flexibility index (Phi) is 41.0. The molecule has 0 heterocycles. The summed E-state index contributed by atoms with van der Waals surface area (Å²) in [7, 11) is 0. The van der Waals surface area contributed by atoms with Crippen molar-refractivity contribution in [1.29, 1.82) is 0 Å². The van der Waals surface area contributed by atoms with Crippen molar-refractivity contribution in [1.82, 2.24) is 0 Å². The van der Waals surface area contributed by atoms with E-state index in [0.717, 1.165) is 44.9 Å². The number of carbonyl (C=O) groups excluding carboxylic acids is 2. The lowest BCUT2D eigenvalue weighted by molar-refractivity contribution is -0.161. The van der Waals surface area contributed by atoms with Crippen LogP contribution in [0.1, 0.15) is 206 Å². The highest BCUT2D eigenvalue weighted by Gasteiger charge is 2.16. The van der Waals surface area contributed by atoms with Crippen LogP contribution in [0.2, 0.25) is 0 Å². The summed E-state index contributed by atoms with van der Waals surface area (Å²) in [5.74, 6) is -0.656. The Bertz CT molecular complexity index is 915. The molecule has 0 fully saturated rings. The van der Waals surface area contributed by atoms with Crippen LogP contribution in [0.5, 0.6) is 0 Å². The molecule has 0 aliphatic carbocycles. The minimum atomic E-state index is -0.795. The van der Waals surface area contributed by atoms with Crippen molar-refractivity contribution in [2.45, 2.75) is 213 Å². The van der Waals surface area contributed by atoms with E-state index in [0.29, 0.717) is 19.3 Å². The summed E-state index contributed by atoms with van der Waals surface area (Å²) in [4.78, 5) is 24.3. The van der Waals surface area contributed by atoms with Gasteiger partial charge in [-0.25, -0.2) is 0 Å². The summed E-state index contributed by atoms with van der Waals surface area (Å²) < 4.78 is 10.6. The largest absolute Gasteiger partial charge is 0.462 e. The first-order chi connectivity index (χ1) is 25.6. The normalized spacial score (nSPS) is 12.8. The van der Waals surface area contributed by atoms with Gasteiger partial charge in [0.2, 0.25) is 0 Å². The highest BCUT2D eigenvalue weighted by molar-refractivity contribution is 5.70. The summed E-state index contributed by atoms with van der Waals surface area (Å²) >= 11 is 0. The van der Waals surface area contributed by atoms with E-state index in [1.165, 1.54) is 128 Å². The molecule has 0 aliphatic heterocycles. The molecule has 0 amide bonds. The average molecular weight is 727 g/mol. The lowest BCUT2D eigenvalue weighted by Crippen LogP contribution is -2.28. The van der Waals surface area contributed by atoms with Gasteiger partial charge in [-0.1, -0.05) is 177 Å². The molecule has 0 aromatic carbocycles. The first-order valence-corrected chi connectivity index (χ1v) is 21.8. The fourth-order valence-electron chi connectivity index (χ4n) is 5.95. The number of hydrogen-bond donors (Lipinski definition) is 1. The Hall–Kier alpha value is -2.40. The highest BCUT2D eigenvalue weighted by atomic mass is 16.6. The van der Waals surface area contributed by atoms with Crippen molar-refractivity contribution < 1.29 is 24.2 Å². The Morgan fingerprint density at radius 2 is 0.788 bits per heavy atom. The summed E-state index contributed by atoms with van der Waals surface area (Å²) in [6.07, 6.45) is 55.8. The first-order valence-electron chi connectivity index (χ1n) is 21.8. The number of aliphatic hydroxyl groups excluding tert-OH is 1. The van der Waals surface area contributed by atoms with Crippen LogP contribution < -0.4 is 0 Å². The predicted molar refractivity (Wildman–Crippen MR) is 223 cm³/mol. The van der Waals surface area contributed by atoms with Gasteiger partial charge in [-0.15, -0.1) is 0 Å². The molecule has 1 atom stereocenters. The number of hydrogen-bond acceptors (Lipinski definition) is 5. The van der Waals surface area contributed by atoms with E-state index in [1.54, 1.807) is 0 Å². The third-order valence-electron chi connectivity index (χ3n) is 9.28. The zero-order chi connectivity index (χ0) is 37.8. The number of ether oxygens (including phenoxy) is 2. The van der Waals surface area contributed by atoms with E-state index in [4.69, 9.17) is 9.47 Å². The lowest BCUT2D eigenvalue weighted by atomic mass is 10.0. The molecule has 0 aliphatic rings. The van der Waals surface area contributed by atoms with Gasteiger partial charge < -0.3 is 14.6 Å². The molecule has 0 aromatic heterocycles. The maximum absolute atomic E-state index is 12.2. The Morgan fingerprint density at radius 3 is 1.27 bits per heavy atom. The van der Waals surface area contributed by atoms with Crippen LogP contribution in [0, 0.1) is 0 Å². The van der Waals surface area contributed by atoms with Crippen LogP contribution in [-0.2, 0) is 19.1 Å². The van der Waals surface area contributed by atoms with Crippen molar-refractivity contribution in [3.63, 3.8) is 0 Å². The van der Waals surface area contributed by atoms with Crippen molar-refractivity contribution in [3.8, 4) is 0 Å². The second-order valence-electron chi connectivity index (χ2n) is 14.4. The van der Waals surface area contributed by atoms with Crippen LogP contribution in [0.25, 0.3) is 0 Å². The number of esters is 2. The van der Waals surface area contributed by atoms with Crippen LogP contribution in [0.4, 0.5) is 0 Å². The number of allylic oxidation sites excluding steroid dienone is 10. The fourth-order valence-corrected chi connectivity index (χ4v) is 5.95. The predicted octanol–water partition coefficient (Wildman–Crippen LogP) is 14.0. The smallest absolute Gasteiger partial charge is 0.306 e. The van der Waals surface area contributed by atoms with E-state index in [2.05, 4.69) is 74.6 Å². The standard InChI is InChI=1S/C47H82O5/c1-3-5-7-9-11-13-15-17-19-21-22-23-24-26-28-30-32-34-36-38-40-42-47(50)52-45(43-48)44-51-46(49)41-39-37-35-33-31-29-27-25-20-18-16-14-12-10-8-6-4-2/h12,14,17-20,27,29,33,35,45,48H,3-11,13,15-16,21-26,28,30-32,34,36-44H2,1-2H3/t45-/m0/s1. The summed E-state index contributed by atoms with van der Waals surface area (Å²) in [5, 5.41) is 9.57. The quantitative estimate of drug-likeness (QED) is 0.0388. The van der Waals surface area contributed by atoms with Crippen LogP contribution >= 0.6 is 0 Å². The molecular formula is C47H82O5. The molecule has 0 unspecified atom stereocenters. The maximum Gasteiger partial charge on any atom is 0.306 e. The molecule has 0 saturated carbocycles. The molecular weight excluding hydrogens is 645 g/mol. The molecule has 5 heteroatoms.